The Bertz CT molecular complexity index is 630. The normalized spacial score (nSPS) is 18.2. The van der Waals surface area contributed by atoms with Crippen LogP contribution in [0.25, 0.3) is 0 Å². The van der Waals surface area contributed by atoms with Gasteiger partial charge in [-0.1, -0.05) is 0 Å². The van der Waals surface area contributed by atoms with Gasteiger partial charge in [-0.25, -0.2) is 4.79 Å². The Balaban J connectivity index is 2.03. The van der Waals surface area contributed by atoms with Gasteiger partial charge in [-0.15, -0.1) is 0 Å². The minimum absolute atomic E-state index is 0.000378. The lowest BCUT2D eigenvalue weighted by molar-refractivity contribution is -0.384. The van der Waals surface area contributed by atoms with E-state index in [-0.39, 0.29) is 11.7 Å². The summed E-state index contributed by atoms with van der Waals surface area (Å²) >= 11 is 2.11. The van der Waals surface area contributed by atoms with E-state index in [4.69, 9.17) is 4.74 Å². The molecule has 0 spiro atoms. The molecular formula is C16H22IN3O4. The zero-order valence-electron chi connectivity index (χ0n) is 14.0. The van der Waals surface area contributed by atoms with E-state index in [1.165, 1.54) is 6.07 Å². The number of carbonyl (C=O) groups excluding carboxylic acids is 1. The third-order valence-electron chi connectivity index (χ3n) is 3.63. The molecule has 1 aliphatic rings. The third-order valence-corrected chi connectivity index (χ3v) is 4.49. The zero-order valence-corrected chi connectivity index (χ0v) is 16.2. The van der Waals surface area contributed by atoms with E-state index in [9.17, 15) is 14.9 Å². The fourth-order valence-electron chi connectivity index (χ4n) is 2.65. The molecule has 0 aromatic heterocycles. The van der Waals surface area contributed by atoms with Crippen LogP contribution >= 0.6 is 22.6 Å². The van der Waals surface area contributed by atoms with Crippen LogP contribution in [0.4, 0.5) is 16.2 Å². The Hall–Kier alpha value is -1.58. The number of anilines is 1. The number of nitrogens with zero attached hydrogens (tertiary/aromatic N) is 2. The van der Waals surface area contributed by atoms with Gasteiger partial charge in [0, 0.05) is 34.8 Å². The van der Waals surface area contributed by atoms with Crippen molar-refractivity contribution in [3.8, 4) is 0 Å². The van der Waals surface area contributed by atoms with Crippen LogP contribution in [0.5, 0.6) is 0 Å². The fraction of sp³-hybridized carbons (Fsp3) is 0.562. The van der Waals surface area contributed by atoms with Gasteiger partial charge >= 0.3 is 6.09 Å². The molecule has 1 atom stereocenters. The summed E-state index contributed by atoms with van der Waals surface area (Å²) in [6.45, 7) is 7.02. The van der Waals surface area contributed by atoms with Gasteiger partial charge in [0.15, 0.2) is 0 Å². The molecule has 1 heterocycles. The van der Waals surface area contributed by atoms with E-state index in [1.54, 1.807) is 12.1 Å². The van der Waals surface area contributed by atoms with Crippen LogP contribution < -0.4 is 10.2 Å². The molecule has 0 aliphatic carbocycles. The van der Waals surface area contributed by atoms with E-state index < -0.39 is 16.6 Å². The fourth-order valence-corrected chi connectivity index (χ4v) is 3.49. The van der Waals surface area contributed by atoms with Crippen molar-refractivity contribution in [3.63, 3.8) is 0 Å². The highest BCUT2D eigenvalue weighted by atomic mass is 127. The van der Waals surface area contributed by atoms with Crippen molar-refractivity contribution in [3.05, 3.63) is 31.9 Å². The molecule has 1 aliphatic heterocycles. The number of halogens is 1. The molecule has 1 saturated heterocycles. The van der Waals surface area contributed by atoms with Crippen LogP contribution in [0.3, 0.4) is 0 Å². The molecule has 1 amide bonds. The highest BCUT2D eigenvalue weighted by molar-refractivity contribution is 14.1. The molecule has 2 rings (SSSR count). The summed E-state index contributed by atoms with van der Waals surface area (Å²) in [5, 5.41) is 13.8. The molecule has 1 aromatic rings. The van der Waals surface area contributed by atoms with Gasteiger partial charge in [0.1, 0.15) is 5.60 Å². The number of hydrogen-bond donors (Lipinski definition) is 1. The number of carbonyl (C=O) groups is 1. The van der Waals surface area contributed by atoms with E-state index >= 15 is 0 Å². The van der Waals surface area contributed by atoms with E-state index in [0.717, 1.165) is 28.6 Å². The van der Waals surface area contributed by atoms with Crippen LogP contribution in [-0.2, 0) is 4.74 Å². The second-order valence-corrected chi connectivity index (χ2v) is 7.99. The maximum atomic E-state index is 11.9. The van der Waals surface area contributed by atoms with Crippen molar-refractivity contribution in [1.29, 1.82) is 0 Å². The molecule has 7 nitrogen and oxygen atoms in total. The number of rotatable bonds is 3. The summed E-state index contributed by atoms with van der Waals surface area (Å²) in [5.74, 6) is 0. The maximum Gasteiger partial charge on any atom is 0.407 e. The summed E-state index contributed by atoms with van der Waals surface area (Å²) in [7, 11) is 0. The molecule has 0 bridgehead atoms. The lowest BCUT2D eigenvalue weighted by atomic mass is 10.0. The molecule has 1 N–H and O–H groups in total. The average molecular weight is 447 g/mol. The molecular weight excluding hydrogens is 425 g/mol. The topological polar surface area (TPSA) is 84.7 Å². The summed E-state index contributed by atoms with van der Waals surface area (Å²) in [4.78, 5) is 24.5. The molecule has 0 radical (unpaired) electrons. The monoisotopic (exact) mass is 447 g/mol. The van der Waals surface area contributed by atoms with Crippen LogP contribution in [0.1, 0.15) is 33.6 Å². The van der Waals surface area contributed by atoms with Crippen molar-refractivity contribution >= 4 is 40.1 Å². The minimum atomic E-state index is -0.522. The van der Waals surface area contributed by atoms with Gasteiger partial charge in [-0.3, -0.25) is 10.1 Å². The largest absolute Gasteiger partial charge is 0.444 e. The maximum absolute atomic E-state index is 11.9. The summed E-state index contributed by atoms with van der Waals surface area (Å²) in [6, 6.07) is 4.86. The Morgan fingerprint density at radius 3 is 2.75 bits per heavy atom. The number of ether oxygens (including phenoxy) is 1. The second-order valence-electron chi connectivity index (χ2n) is 6.82. The van der Waals surface area contributed by atoms with Crippen LogP contribution in [0.2, 0.25) is 0 Å². The van der Waals surface area contributed by atoms with Crippen molar-refractivity contribution in [2.75, 3.05) is 18.0 Å². The van der Waals surface area contributed by atoms with Gasteiger partial charge in [0.25, 0.3) is 5.69 Å². The van der Waals surface area contributed by atoms with Gasteiger partial charge in [-0.2, -0.15) is 0 Å². The number of hydrogen-bond acceptors (Lipinski definition) is 5. The Morgan fingerprint density at radius 1 is 1.46 bits per heavy atom. The average Bonchev–Trinajstić information content (AvgIpc) is 2.45. The van der Waals surface area contributed by atoms with Crippen LogP contribution in [-0.4, -0.2) is 35.7 Å². The second kappa shape index (κ2) is 7.54. The van der Waals surface area contributed by atoms with E-state index in [0.29, 0.717) is 6.54 Å². The highest BCUT2D eigenvalue weighted by Crippen LogP contribution is 2.29. The van der Waals surface area contributed by atoms with Gasteiger partial charge in [0.2, 0.25) is 0 Å². The number of benzene rings is 1. The number of nitrogens with one attached hydrogen (secondary N) is 1. The van der Waals surface area contributed by atoms with E-state index in [2.05, 4.69) is 32.8 Å². The molecule has 24 heavy (non-hydrogen) atoms. The number of nitro benzene ring substituents is 1. The number of nitro groups is 1. The predicted octanol–water partition coefficient (Wildman–Crippen LogP) is 3.69. The minimum Gasteiger partial charge on any atom is -0.444 e. The molecule has 132 valence electrons. The Morgan fingerprint density at radius 2 is 2.17 bits per heavy atom. The van der Waals surface area contributed by atoms with Crippen molar-refractivity contribution in [1.82, 2.24) is 5.32 Å². The van der Waals surface area contributed by atoms with Gasteiger partial charge in [0.05, 0.1) is 10.6 Å². The number of amides is 1. The summed E-state index contributed by atoms with van der Waals surface area (Å²) in [6.07, 6.45) is 1.42. The number of piperidine rings is 1. The molecule has 8 heteroatoms. The summed E-state index contributed by atoms with van der Waals surface area (Å²) < 4.78 is 6.14. The summed E-state index contributed by atoms with van der Waals surface area (Å²) in [5.41, 5.74) is 0.520. The quantitative estimate of drug-likeness (QED) is 0.434. The van der Waals surface area contributed by atoms with Crippen molar-refractivity contribution < 1.29 is 14.5 Å². The number of alkyl carbamates (subject to hydrolysis) is 1. The lowest BCUT2D eigenvalue weighted by Crippen LogP contribution is -2.49. The van der Waals surface area contributed by atoms with Gasteiger partial charge < -0.3 is 15.0 Å². The smallest absolute Gasteiger partial charge is 0.407 e. The molecule has 1 fully saturated rings. The van der Waals surface area contributed by atoms with Crippen LogP contribution in [0, 0.1) is 13.7 Å². The van der Waals surface area contributed by atoms with Crippen LogP contribution in [0.15, 0.2) is 18.2 Å². The SMILES string of the molecule is CC(C)(C)OC(=O)NC1CCCN(c2ccc([N+](=O)[O-])cc2I)C1. The lowest BCUT2D eigenvalue weighted by Gasteiger charge is -2.35. The zero-order chi connectivity index (χ0) is 17.9. The Labute approximate surface area is 155 Å². The van der Waals surface area contributed by atoms with Gasteiger partial charge in [-0.05, 0) is 62.3 Å². The first kappa shape index (κ1) is 18.8. The first-order valence-corrected chi connectivity index (χ1v) is 8.92. The number of non-ortho nitro benzene ring substituents is 1. The van der Waals surface area contributed by atoms with Crippen molar-refractivity contribution in [2.45, 2.75) is 45.3 Å². The van der Waals surface area contributed by atoms with E-state index in [1.807, 2.05) is 20.8 Å². The molecule has 0 saturated carbocycles. The highest BCUT2D eigenvalue weighted by Gasteiger charge is 2.25. The molecule has 1 aromatic carbocycles. The molecule has 1 unspecified atom stereocenters. The third kappa shape index (κ3) is 5.22. The first-order valence-electron chi connectivity index (χ1n) is 7.84. The predicted molar refractivity (Wildman–Crippen MR) is 100 cm³/mol. The first-order chi connectivity index (χ1) is 11.2. The standard InChI is InChI=1S/C16H22IN3O4/c1-16(2,3)24-15(21)18-11-5-4-8-19(10-11)14-7-6-12(20(22)23)9-13(14)17/h6-7,9,11H,4-5,8,10H2,1-3H3,(H,18,21). The van der Waals surface area contributed by atoms with Crippen molar-refractivity contribution in [2.24, 2.45) is 0 Å². The Kier molecular flexibility index (Phi) is 5.89.